The average Bonchev–Trinajstić information content (AvgIpc) is 2.71. The molecule has 0 N–H and O–H groups in total. The molecule has 0 saturated heterocycles. The van der Waals surface area contributed by atoms with Gasteiger partial charge in [-0.25, -0.2) is 13.4 Å². The van der Waals surface area contributed by atoms with Gasteiger partial charge in [-0.15, -0.1) is 11.3 Å². The zero-order valence-electron chi connectivity index (χ0n) is 10.8. The molecule has 0 bridgehead atoms. The first-order chi connectivity index (χ1) is 8.37. The van der Waals surface area contributed by atoms with Gasteiger partial charge in [-0.1, -0.05) is 13.8 Å². The zero-order valence-corrected chi connectivity index (χ0v) is 12.4. The van der Waals surface area contributed by atoms with Gasteiger partial charge < -0.3 is 0 Å². The molecule has 1 aromatic heterocycles. The van der Waals surface area contributed by atoms with Crippen LogP contribution in [0, 0.1) is 24.2 Å². The van der Waals surface area contributed by atoms with E-state index < -0.39 is 10.0 Å². The van der Waals surface area contributed by atoms with Crippen LogP contribution < -0.4 is 0 Å². The lowest BCUT2D eigenvalue weighted by Crippen LogP contribution is -2.34. The Hall–Kier alpha value is -0.970. The van der Waals surface area contributed by atoms with E-state index in [0.29, 0.717) is 6.54 Å². The number of aryl methyl sites for hydroxylation is 1. The fraction of sp³-hybridized carbons (Fsp3) is 0.636. The largest absolute Gasteiger partial charge is 0.254 e. The van der Waals surface area contributed by atoms with E-state index in [0.717, 1.165) is 16.3 Å². The second-order valence-corrected chi connectivity index (χ2v) is 7.76. The number of hydrogen-bond acceptors (Lipinski definition) is 5. The Kier molecular flexibility index (Phi) is 5.26. The second-order valence-electron chi connectivity index (χ2n) is 4.36. The molecule has 1 rings (SSSR count). The minimum Gasteiger partial charge on any atom is -0.249 e. The number of thiazole rings is 1. The third kappa shape index (κ3) is 3.77. The van der Waals surface area contributed by atoms with Crippen LogP contribution in [0.25, 0.3) is 0 Å². The van der Waals surface area contributed by atoms with Gasteiger partial charge in [0.15, 0.2) is 4.21 Å². The molecule has 0 aromatic carbocycles. The molecule has 18 heavy (non-hydrogen) atoms. The smallest absolute Gasteiger partial charge is 0.249 e. The van der Waals surface area contributed by atoms with Crippen LogP contribution in [0.1, 0.15) is 25.3 Å². The van der Waals surface area contributed by atoms with Gasteiger partial charge in [0, 0.05) is 19.5 Å². The lowest BCUT2D eigenvalue weighted by molar-refractivity contribution is 0.373. The monoisotopic (exact) mass is 287 g/mol. The summed E-state index contributed by atoms with van der Waals surface area (Å²) in [5.74, 6) is 0.215. The van der Waals surface area contributed by atoms with Crippen molar-refractivity contribution in [1.82, 2.24) is 9.29 Å². The quantitative estimate of drug-likeness (QED) is 0.802. The van der Waals surface area contributed by atoms with Crippen molar-refractivity contribution in [2.45, 2.75) is 31.4 Å². The van der Waals surface area contributed by atoms with E-state index in [1.165, 1.54) is 10.5 Å². The summed E-state index contributed by atoms with van der Waals surface area (Å²) < 4.78 is 26.4. The fourth-order valence-corrected chi connectivity index (χ4v) is 4.35. The predicted octanol–water partition coefficient (Wildman–Crippen LogP) is 2.01. The molecular formula is C11H17N3O2S2. The third-order valence-electron chi connectivity index (χ3n) is 2.24. The molecular weight excluding hydrogens is 270 g/mol. The minimum absolute atomic E-state index is 0.198. The van der Waals surface area contributed by atoms with Crippen LogP contribution in [0.3, 0.4) is 0 Å². The summed E-state index contributed by atoms with van der Waals surface area (Å²) in [7, 11) is -3.51. The lowest BCUT2D eigenvalue weighted by Gasteiger charge is -2.21. The van der Waals surface area contributed by atoms with E-state index in [4.69, 9.17) is 5.26 Å². The standard InChI is InChI=1S/C11H17N3O2S2/c1-9(2)8-14(6-4-5-12)18(15,16)11-7-13-10(3)17-11/h7,9H,4,6,8H2,1-3H3. The Morgan fingerprint density at radius 1 is 1.56 bits per heavy atom. The molecule has 5 nitrogen and oxygen atoms in total. The summed E-state index contributed by atoms with van der Waals surface area (Å²) in [6.07, 6.45) is 1.58. The molecule has 0 amide bonds. The number of hydrogen-bond donors (Lipinski definition) is 0. The van der Waals surface area contributed by atoms with Crippen molar-refractivity contribution >= 4 is 21.4 Å². The van der Waals surface area contributed by atoms with Gasteiger partial charge in [-0.2, -0.15) is 9.57 Å². The normalized spacial score (nSPS) is 12.0. The number of nitrogens with zero attached hydrogens (tertiary/aromatic N) is 3. The molecule has 1 aromatic rings. The Morgan fingerprint density at radius 3 is 2.67 bits per heavy atom. The Bertz CT molecular complexity index is 529. The van der Waals surface area contributed by atoms with Crippen molar-refractivity contribution in [3.05, 3.63) is 11.2 Å². The highest BCUT2D eigenvalue weighted by atomic mass is 32.2. The van der Waals surface area contributed by atoms with Crippen LogP contribution in [0.2, 0.25) is 0 Å². The van der Waals surface area contributed by atoms with Crippen LogP contribution in [0.15, 0.2) is 10.4 Å². The molecule has 0 atom stereocenters. The first-order valence-electron chi connectivity index (χ1n) is 5.67. The van der Waals surface area contributed by atoms with Gasteiger partial charge in [0.05, 0.1) is 17.3 Å². The van der Waals surface area contributed by atoms with E-state index in [1.54, 1.807) is 6.92 Å². The third-order valence-corrected chi connectivity index (χ3v) is 5.45. The number of nitriles is 1. The molecule has 0 spiro atoms. The lowest BCUT2D eigenvalue weighted by atomic mass is 10.2. The SMILES string of the molecule is Cc1ncc(S(=O)(=O)N(CCC#N)CC(C)C)s1. The Morgan fingerprint density at radius 2 is 2.22 bits per heavy atom. The van der Waals surface area contributed by atoms with Crippen LogP contribution in [0.5, 0.6) is 0 Å². The van der Waals surface area contributed by atoms with Gasteiger partial charge in [-0.3, -0.25) is 0 Å². The first kappa shape index (κ1) is 15.1. The molecule has 100 valence electrons. The summed E-state index contributed by atoms with van der Waals surface area (Å²) in [6.45, 7) is 6.32. The van der Waals surface area contributed by atoms with Gasteiger partial charge in [-0.05, 0) is 12.8 Å². The topological polar surface area (TPSA) is 74.1 Å². The molecule has 0 fully saturated rings. The van der Waals surface area contributed by atoms with Gasteiger partial charge in [0.1, 0.15) is 0 Å². The maximum absolute atomic E-state index is 12.4. The summed E-state index contributed by atoms with van der Waals surface area (Å²) in [5.41, 5.74) is 0. The summed E-state index contributed by atoms with van der Waals surface area (Å²) in [4.78, 5) is 3.97. The van der Waals surface area contributed by atoms with Crippen LogP contribution in [-0.2, 0) is 10.0 Å². The number of sulfonamides is 1. The van der Waals surface area contributed by atoms with E-state index in [1.807, 2.05) is 19.9 Å². The maximum atomic E-state index is 12.4. The molecule has 0 radical (unpaired) electrons. The van der Waals surface area contributed by atoms with Crippen molar-refractivity contribution in [3.8, 4) is 6.07 Å². The molecule has 0 aliphatic heterocycles. The molecule has 0 saturated carbocycles. The average molecular weight is 287 g/mol. The van der Waals surface area contributed by atoms with Crippen molar-refractivity contribution in [1.29, 1.82) is 5.26 Å². The zero-order chi connectivity index (χ0) is 13.8. The second kappa shape index (κ2) is 6.27. The molecule has 0 unspecified atom stereocenters. The maximum Gasteiger partial charge on any atom is 0.254 e. The van der Waals surface area contributed by atoms with Crippen LogP contribution >= 0.6 is 11.3 Å². The summed E-state index contributed by atoms with van der Waals surface area (Å²) >= 11 is 1.16. The summed E-state index contributed by atoms with van der Waals surface area (Å²) in [6, 6.07) is 1.98. The summed E-state index contributed by atoms with van der Waals surface area (Å²) in [5, 5.41) is 9.33. The van der Waals surface area contributed by atoms with Crippen molar-refractivity contribution in [2.75, 3.05) is 13.1 Å². The van der Waals surface area contributed by atoms with Crippen LogP contribution in [-0.4, -0.2) is 30.8 Å². The molecule has 0 aliphatic carbocycles. The van der Waals surface area contributed by atoms with E-state index in [9.17, 15) is 8.42 Å². The van der Waals surface area contributed by atoms with Crippen molar-refractivity contribution in [2.24, 2.45) is 5.92 Å². The fourth-order valence-electron chi connectivity index (χ4n) is 1.48. The Balaban J connectivity index is 2.99. The van der Waals surface area contributed by atoms with Crippen molar-refractivity contribution in [3.63, 3.8) is 0 Å². The van der Waals surface area contributed by atoms with Crippen LogP contribution in [0.4, 0.5) is 0 Å². The molecule has 1 heterocycles. The predicted molar refractivity (Wildman–Crippen MR) is 70.7 cm³/mol. The highest BCUT2D eigenvalue weighted by Gasteiger charge is 2.26. The van der Waals surface area contributed by atoms with E-state index in [-0.39, 0.29) is 23.1 Å². The van der Waals surface area contributed by atoms with E-state index in [2.05, 4.69) is 4.98 Å². The first-order valence-corrected chi connectivity index (χ1v) is 7.93. The Labute approximate surface area is 112 Å². The van der Waals surface area contributed by atoms with Crippen molar-refractivity contribution < 1.29 is 8.42 Å². The van der Waals surface area contributed by atoms with Gasteiger partial charge >= 0.3 is 0 Å². The highest BCUT2D eigenvalue weighted by molar-refractivity contribution is 7.91. The molecule has 7 heteroatoms. The molecule has 0 aliphatic rings. The van der Waals surface area contributed by atoms with Gasteiger partial charge in [0.25, 0.3) is 10.0 Å². The minimum atomic E-state index is -3.51. The van der Waals surface area contributed by atoms with E-state index >= 15 is 0 Å². The number of rotatable bonds is 6. The van der Waals surface area contributed by atoms with Gasteiger partial charge in [0.2, 0.25) is 0 Å². The highest BCUT2D eigenvalue weighted by Crippen LogP contribution is 2.23. The number of aromatic nitrogens is 1.